The van der Waals surface area contributed by atoms with Crippen LogP contribution in [0.25, 0.3) is 0 Å². The minimum atomic E-state index is -0.518. The van der Waals surface area contributed by atoms with E-state index in [0.717, 1.165) is 18.4 Å². The van der Waals surface area contributed by atoms with E-state index in [2.05, 4.69) is 5.32 Å². The number of carbonyl (C=O) groups is 2. The number of fused-ring (bicyclic) bond motifs is 1. The van der Waals surface area contributed by atoms with Crippen molar-refractivity contribution in [2.24, 2.45) is 0 Å². The molecular weight excluding hydrogens is 338 g/mol. The van der Waals surface area contributed by atoms with Gasteiger partial charge in [0.05, 0.1) is 13.2 Å². The van der Waals surface area contributed by atoms with Crippen LogP contribution in [0.5, 0.6) is 0 Å². The summed E-state index contributed by atoms with van der Waals surface area (Å²) in [5.41, 5.74) is 0.987. The van der Waals surface area contributed by atoms with Crippen LogP contribution in [0.15, 0.2) is 30.3 Å². The van der Waals surface area contributed by atoms with E-state index in [4.69, 9.17) is 18.9 Å². The van der Waals surface area contributed by atoms with Crippen LogP contribution in [-0.2, 0) is 30.3 Å². The third kappa shape index (κ3) is 4.74. The molecule has 4 atom stereocenters. The molecule has 2 saturated heterocycles. The average molecular weight is 363 g/mol. The molecule has 0 saturated carbocycles. The van der Waals surface area contributed by atoms with Crippen LogP contribution in [0.2, 0.25) is 0 Å². The van der Waals surface area contributed by atoms with Gasteiger partial charge in [-0.25, -0.2) is 4.79 Å². The Morgan fingerprint density at radius 3 is 2.38 bits per heavy atom. The lowest BCUT2D eigenvalue weighted by atomic mass is 10.1. The lowest BCUT2D eigenvalue weighted by molar-refractivity contribution is -0.153. The van der Waals surface area contributed by atoms with Crippen molar-refractivity contribution in [2.75, 3.05) is 13.2 Å². The summed E-state index contributed by atoms with van der Waals surface area (Å²) in [5.74, 6) is -0.241. The topological polar surface area (TPSA) is 83.1 Å². The quantitative estimate of drug-likeness (QED) is 0.748. The van der Waals surface area contributed by atoms with Gasteiger partial charge >= 0.3 is 12.1 Å². The molecule has 7 nitrogen and oxygen atoms in total. The molecule has 1 aromatic carbocycles. The number of nitrogens with one attached hydrogen (secondary N) is 1. The number of hydrogen-bond acceptors (Lipinski definition) is 6. The second kappa shape index (κ2) is 9.00. The Morgan fingerprint density at radius 1 is 1.08 bits per heavy atom. The van der Waals surface area contributed by atoms with Crippen molar-refractivity contribution in [3.63, 3.8) is 0 Å². The van der Waals surface area contributed by atoms with Gasteiger partial charge in [-0.15, -0.1) is 0 Å². The highest BCUT2D eigenvalue weighted by Crippen LogP contribution is 2.30. The van der Waals surface area contributed by atoms with E-state index in [1.165, 1.54) is 0 Å². The van der Waals surface area contributed by atoms with Crippen LogP contribution in [0.1, 0.15) is 31.7 Å². The maximum atomic E-state index is 12.0. The maximum Gasteiger partial charge on any atom is 0.407 e. The van der Waals surface area contributed by atoms with Crippen molar-refractivity contribution < 1.29 is 28.5 Å². The third-order valence-corrected chi connectivity index (χ3v) is 4.52. The Bertz CT molecular complexity index is 607. The van der Waals surface area contributed by atoms with Crippen molar-refractivity contribution in [1.82, 2.24) is 5.32 Å². The van der Waals surface area contributed by atoms with Crippen LogP contribution in [0, 0.1) is 0 Å². The molecule has 1 aromatic rings. The van der Waals surface area contributed by atoms with Gasteiger partial charge in [-0.05, 0) is 12.0 Å². The maximum absolute atomic E-state index is 12.0. The molecule has 0 aromatic heterocycles. The predicted molar refractivity (Wildman–Crippen MR) is 92.4 cm³/mol. The summed E-state index contributed by atoms with van der Waals surface area (Å²) in [4.78, 5) is 23.8. The molecule has 0 radical (unpaired) electrons. The molecule has 1 amide bonds. The molecule has 4 unspecified atom stereocenters. The van der Waals surface area contributed by atoms with Crippen molar-refractivity contribution in [2.45, 2.75) is 57.1 Å². The van der Waals surface area contributed by atoms with Crippen LogP contribution in [-0.4, -0.2) is 49.7 Å². The first kappa shape index (κ1) is 18.7. The number of ether oxygens (including phenoxy) is 4. The largest absolute Gasteiger partial charge is 0.457 e. The van der Waals surface area contributed by atoms with Gasteiger partial charge in [0.25, 0.3) is 0 Å². The smallest absolute Gasteiger partial charge is 0.407 e. The highest BCUT2D eigenvalue weighted by molar-refractivity contribution is 5.69. The molecule has 0 bridgehead atoms. The fourth-order valence-corrected chi connectivity index (χ4v) is 3.13. The van der Waals surface area contributed by atoms with Crippen LogP contribution >= 0.6 is 0 Å². The molecule has 3 rings (SSSR count). The first-order chi connectivity index (χ1) is 12.7. The highest BCUT2D eigenvalue weighted by atomic mass is 16.7. The van der Waals surface area contributed by atoms with Gasteiger partial charge in [0.2, 0.25) is 0 Å². The number of alkyl carbamates (subject to hydrolysis) is 1. The molecule has 7 heteroatoms. The van der Waals surface area contributed by atoms with Gasteiger partial charge in [-0.1, -0.05) is 43.7 Å². The summed E-state index contributed by atoms with van der Waals surface area (Å²) in [5, 5.41) is 2.71. The summed E-state index contributed by atoms with van der Waals surface area (Å²) in [7, 11) is 0. The average Bonchev–Trinajstić information content (AvgIpc) is 3.23. The Labute approximate surface area is 152 Å². The Balaban J connectivity index is 1.44. The predicted octanol–water partition coefficient (Wildman–Crippen LogP) is 2.18. The van der Waals surface area contributed by atoms with E-state index in [9.17, 15) is 9.59 Å². The van der Waals surface area contributed by atoms with E-state index in [-0.39, 0.29) is 25.3 Å². The number of amides is 1. The second-order valence-corrected chi connectivity index (χ2v) is 6.51. The van der Waals surface area contributed by atoms with Gasteiger partial charge in [-0.3, -0.25) is 4.79 Å². The lowest BCUT2D eigenvalue weighted by Gasteiger charge is -2.17. The van der Waals surface area contributed by atoms with Crippen molar-refractivity contribution in [3.05, 3.63) is 35.9 Å². The molecule has 142 valence electrons. The number of unbranched alkanes of at least 4 members (excludes halogenated alkanes) is 1. The van der Waals surface area contributed by atoms with Gasteiger partial charge in [0.1, 0.15) is 12.2 Å². The fourth-order valence-electron chi connectivity index (χ4n) is 3.13. The SMILES string of the molecule is CCCCC(=O)OC1COC2C(OC(=O)NCc3ccccc3)COC12. The Kier molecular flexibility index (Phi) is 6.46. The molecular formula is C19H25NO6. The fraction of sp³-hybridized carbons (Fsp3) is 0.579. The molecule has 0 aliphatic carbocycles. The molecule has 2 aliphatic rings. The standard InChI is InChI=1S/C19H25NO6/c1-2-3-9-16(21)25-14-11-23-18-15(12-24-17(14)18)26-19(22)20-10-13-7-5-4-6-8-13/h4-8,14-15,17-18H,2-3,9-12H2,1H3,(H,20,22). The van der Waals surface area contributed by atoms with Gasteiger partial charge < -0.3 is 24.3 Å². The number of benzene rings is 1. The Morgan fingerprint density at radius 2 is 1.73 bits per heavy atom. The lowest BCUT2D eigenvalue weighted by Crippen LogP contribution is -2.38. The van der Waals surface area contributed by atoms with E-state index in [1.807, 2.05) is 37.3 Å². The van der Waals surface area contributed by atoms with Crippen LogP contribution in [0.4, 0.5) is 4.79 Å². The van der Waals surface area contributed by atoms with Gasteiger partial charge in [0, 0.05) is 13.0 Å². The monoisotopic (exact) mass is 363 g/mol. The first-order valence-corrected chi connectivity index (χ1v) is 9.08. The summed E-state index contributed by atoms with van der Waals surface area (Å²) < 4.78 is 22.2. The minimum Gasteiger partial charge on any atom is -0.457 e. The van der Waals surface area contributed by atoms with Gasteiger partial charge in [0.15, 0.2) is 12.2 Å². The van der Waals surface area contributed by atoms with E-state index >= 15 is 0 Å². The van der Waals surface area contributed by atoms with E-state index in [0.29, 0.717) is 13.0 Å². The zero-order chi connectivity index (χ0) is 18.4. The Hall–Kier alpha value is -2.12. The van der Waals surface area contributed by atoms with Crippen LogP contribution in [0.3, 0.4) is 0 Å². The molecule has 2 fully saturated rings. The van der Waals surface area contributed by atoms with E-state index < -0.39 is 24.4 Å². The van der Waals surface area contributed by atoms with Crippen molar-refractivity contribution in [3.8, 4) is 0 Å². The summed E-state index contributed by atoms with van der Waals surface area (Å²) in [6.45, 7) is 2.91. The van der Waals surface area contributed by atoms with Gasteiger partial charge in [-0.2, -0.15) is 0 Å². The third-order valence-electron chi connectivity index (χ3n) is 4.52. The van der Waals surface area contributed by atoms with Crippen LogP contribution < -0.4 is 5.32 Å². The molecule has 26 heavy (non-hydrogen) atoms. The first-order valence-electron chi connectivity index (χ1n) is 9.08. The number of esters is 1. The van der Waals surface area contributed by atoms with Crippen molar-refractivity contribution in [1.29, 1.82) is 0 Å². The summed E-state index contributed by atoms with van der Waals surface area (Å²) in [6.07, 6.45) is -0.113. The molecule has 0 spiro atoms. The van der Waals surface area contributed by atoms with Crippen molar-refractivity contribution >= 4 is 12.1 Å². The second-order valence-electron chi connectivity index (χ2n) is 6.51. The number of hydrogen-bond donors (Lipinski definition) is 1. The summed E-state index contributed by atoms with van der Waals surface area (Å²) in [6, 6.07) is 9.58. The molecule has 2 heterocycles. The highest BCUT2D eigenvalue weighted by Gasteiger charge is 2.51. The number of rotatable bonds is 7. The normalized spacial score (nSPS) is 27.0. The minimum absolute atomic E-state index is 0.233. The molecule has 2 aliphatic heterocycles. The molecule has 1 N–H and O–H groups in total. The zero-order valence-corrected chi connectivity index (χ0v) is 14.9. The zero-order valence-electron chi connectivity index (χ0n) is 14.9. The van der Waals surface area contributed by atoms with E-state index in [1.54, 1.807) is 0 Å². The number of carbonyl (C=O) groups excluding carboxylic acids is 2. The summed E-state index contributed by atoms with van der Waals surface area (Å²) >= 11 is 0.